The molecule has 0 bridgehead atoms. The third-order valence-corrected chi connectivity index (χ3v) is 2.37. The molecule has 0 fully saturated rings. The van der Waals surface area contributed by atoms with Gasteiger partial charge in [-0.3, -0.25) is 5.10 Å². The first-order valence-corrected chi connectivity index (χ1v) is 5.10. The van der Waals surface area contributed by atoms with E-state index in [2.05, 4.69) is 15.2 Å². The Balaban J connectivity index is 2.27. The van der Waals surface area contributed by atoms with Gasteiger partial charge in [-0.1, -0.05) is 30.3 Å². The van der Waals surface area contributed by atoms with E-state index in [9.17, 15) is 5.11 Å². The molecule has 5 heteroatoms. The summed E-state index contributed by atoms with van der Waals surface area (Å²) in [5.41, 5.74) is 6.66. The van der Waals surface area contributed by atoms with Crippen molar-refractivity contribution in [1.29, 1.82) is 0 Å². The zero-order chi connectivity index (χ0) is 11.5. The Morgan fingerprint density at radius 2 is 2.00 bits per heavy atom. The molecule has 0 saturated carbocycles. The topological polar surface area (TPSA) is 87.8 Å². The number of nitrogens with zero attached hydrogens (tertiary/aromatic N) is 2. The van der Waals surface area contributed by atoms with E-state index in [1.54, 1.807) is 6.92 Å². The zero-order valence-corrected chi connectivity index (χ0v) is 8.96. The smallest absolute Gasteiger partial charge is 0.181 e. The number of hydrogen-bond acceptors (Lipinski definition) is 4. The summed E-state index contributed by atoms with van der Waals surface area (Å²) < 4.78 is 0. The molecular formula is C11H14N4O. The van der Waals surface area contributed by atoms with Gasteiger partial charge in [0.05, 0.1) is 12.1 Å². The van der Waals surface area contributed by atoms with Gasteiger partial charge < -0.3 is 10.8 Å². The molecule has 5 nitrogen and oxygen atoms in total. The predicted octanol–water partition coefficient (Wildman–Crippen LogP) is 0.852. The zero-order valence-electron chi connectivity index (χ0n) is 8.96. The van der Waals surface area contributed by atoms with Crippen LogP contribution in [0.4, 0.5) is 0 Å². The van der Waals surface area contributed by atoms with Crippen molar-refractivity contribution in [3.8, 4) is 11.4 Å². The van der Waals surface area contributed by atoms with Crippen molar-refractivity contribution in [3.63, 3.8) is 0 Å². The third-order valence-electron chi connectivity index (χ3n) is 2.37. The predicted molar refractivity (Wildman–Crippen MR) is 60.4 cm³/mol. The van der Waals surface area contributed by atoms with Gasteiger partial charge in [0.25, 0.3) is 0 Å². The summed E-state index contributed by atoms with van der Waals surface area (Å²) in [5.74, 6) is 1.08. The lowest BCUT2D eigenvalue weighted by molar-refractivity contribution is 0.161. The van der Waals surface area contributed by atoms with Crippen LogP contribution in [0.5, 0.6) is 0 Å². The summed E-state index contributed by atoms with van der Waals surface area (Å²) in [5, 5.41) is 16.1. The molecule has 0 aliphatic heterocycles. The Morgan fingerprint density at radius 1 is 1.31 bits per heavy atom. The molecule has 0 saturated heterocycles. The highest BCUT2D eigenvalue weighted by molar-refractivity contribution is 5.53. The molecule has 2 rings (SSSR count). The second-order valence-corrected chi connectivity index (χ2v) is 3.68. The Morgan fingerprint density at radius 3 is 2.62 bits per heavy atom. The number of rotatable bonds is 3. The highest BCUT2D eigenvalue weighted by atomic mass is 16.3. The first-order chi connectivity index (χ1) is 7.68. The van der Waals surface area contributed by atoms with E-state index >= 15 is 0 Å². The fourth-order valence-electron chi connectivity index (χ4n) is 1.37. The summed E-state index contributed by atoms with van der Waals surface area (Å²) in [4.78, 5) is 4.25. The standard InChI is InChI=1S/C11H14N4O/c1-7(16)9(12)11-13-10(14-15-11)8-5-3-2-4-6-8/h2-7,9,16H,12H2,1H3,(H,13,14,15)/t7-,9+/m1/s1. The number of aliphatic hydroxyl groups excluding tert-OH is 1. The fraction of sp³-hybridized carbons (Fsp3) is 0.273. The number of aliphatic hydroxyl groups is 1. The molecule has 1 aromatic heterocycles. The summed E-state index contributed by atoms with van der Waals surface area (Å²) in [7, 11) is 0. The largest absolute Gasteiger partial charge is 0.391 e. The van der Waals surface area contributed by atoms with Crippen LogP contribution in [0.25, 0.3) is 11.4 Å². The van der Waals surface area contributed by atoms with E-state index in [0.29, 0.717) is 11.6 Å². The van der Waals surface area contributed by atoms with Crippen LogP contribution in [0.1, 0.15) is 18.8 Å². The normalized spacial score (nSPS) is 14.7. The van der Waals surface area contributed by atoms with Gasteiger partial charge in [0.2, 0.25) is 0 Å². The maximum atomic E-state index is 9.34. The number of nitrogens with one attached hydrogen (secondary N) is 1. The van der Waals surface area contributed by atoms with E-state index in [-0.39, 0.29) is 0 Å². The molecule has 0 aliphatic rings. The van der Waals surface area contributed by atoms with Gasteiger partial charge in [-0.25, -0.2) is 4.98 Å². The average Bonchev–Trinajstić information content (AvgIpc) is 2.78. The van der Waals surface area contributed by atoms with Gasteiger partial charge in [-0.05, 0) is 6.92 Å². The van der Waals surface area contributed by atoms with Gasteiger partial charge in [0.1, 0.15) is 5.82 Å². The Bertz CT molecular complexity index is 452. The van der Waals surface area contributed by atoms with Gasteiger partial charge in [0, 0.05) is 5.56 Å². The van der Waals surface area contributed by atoms with E-state index in [1.807, 2.05) is 30.3 Å². The van der Waals surface area contributed by atoms with Crippen molar-refractivity contribution in [3.05, 3.63) is 36.2 Å². The number of aromatic nitrogens is 3. The lowest BCUT2D eigenvalue weighted by atomic mass is 10.2. The third kappa shape index (κ3) is 2.10. The summed E-state index contributed by atoms with van der Waals surface area (Å²) >= 11 is 0. The van der Waals surface area contributed by atoms with E-state index in [0.717, 1.165) is 5.56 Å². The molecule has 2 atom stereocenters. The van der Waals surface area contributed by atoms with Crippen LogP contribution >= 0.6 is 0 Å². The first kappa shape index (κ1) is 10.8. The van der Waals surface area contributed by atoms with E-state index in [1.165, 1.54) is 0 Å². The van der Waals surface area contributed by atoms with Crippen LogP contribution in [-0.4, -0.2) is 26.4 Å². The van der Waals surface area contributed by atoms with E-state index < -0.39 is 12.1 Å². The molecule has 0 spiro atoms. The molecule has 0 unspecified atom stereocenters. The van der Waals surface area contributed by atoms with Crippen molar-refractivity contribution in [2.24, 2.45) is 5.73 Å². The molecule has 1 heterocycles. The number of aromatic amines is 1. The molecular weight excluding hydrogens is 204 g/mol. The van der Waals surface area contributed by atoms with E-state index in [4.69, 9.17) is 5.73 Å². The van der Waals surface area contributed by atoms with Crippen LogP contribution in [0.15, 0.2) is 30.3 Å². The van der Waals surface area contributed by atoms with Crippen molar-refractivity contribution < 1.29 is 5.11 Å². The maximum absolute atomic E-state index is 9.34. The summed E-state index contributed by atoms with van der Waals surface area (Å²) in [6.45, 7) is 1.62. The lowest BCUT2D eigenvalue weighted by Crippen LogP contribution is -2.24. The number of H-pyrrole nitrogens is 1. The first-order valence-electron chi connectivity index (χ1n) is 5.10. The quantitative estimate of drug-likeness (QED) is 0.712. The van der Waals surface area contributed by atoms with Crippen LogP contribution < -0.4 is 5.73 Å². The van der Waals surface area contributed by atoms with Crippen molar-refractivity contribution in [1.82, 2.24) is 15.2 Å². The van der Waals surface area contributed by atoms with Gasteiger partial charge in [0.15, 0.2) is 5.82 Å². The minimum Gasteiger partial charge on any atom is -0.391 e. The number of benzene rings is 1. The molecule has 0 aliphatic carbocycles. The number of nitrogens with two attached hydrogens (primary N) is 1. The average molecular weight is 218 g/mol. The lowest BCUT2D eigenvalue weighted by Gasteiger charge is -2.10. The summed E-state index contributed by atoms with van der Waals surface area (Å²) in [6, 6.07) is 9.06. The summed E-state index contributed by atoms with van der Waals surface area (Å²) in [6.07, 6.45) is -0.656. The Labute approximate surface area is 93.3 Å². The van der Waals surface area contributed by atoms with Gasteiger partial charge in [-0.2, -0.15) is 5.10 Å². The Hall–Kier alpha value is -1.72. The van der Waals surface area contributed by atoms with Crippen LogP contribution in [0.3, 0.4) is 0 Å². The van der Waals surface area contributed by atoms with Crippen molar-refractivity contribution >= 4 is 0 Å². The molecule has 1 aromatic carbocycles. The molecule has 0 radical (unpaired) electrons. The second kappa shape index (κ2) is 4.42. The SMILES string of the molecule is C[C@@H](O)[C@H](N)c1nc(-c2ccccc2)n[nH]1. The minimum absolute atomic E-state index is 0.494. The van der Waals surface area contributed by atoms with Crippen LogP contribution in [-0.2, 0) is 0 Å². The number of hydrogen-bond donors (Lipinski definition) is 3. The molecule has 2 aromatic rings. The molecule has 0 amide bonds. The minimum atomic E-state index is -0.656. The van der Waals surface area contributed by atoms with Crippen LogP contribution in [0, 0.1) is 0 Å². The van der Waals surface area contributed by atoms with Crippen molar-refractivity contribution in [2.45, 2.75) is 19.1 Å². The van der Waals surface area contributed by atoms with Gasteiger partial charge in [-0.15, -0.1) is 0 Å². The van der Waals surface area contributed by atoms with Crippen molar-refractivity contribution in [2.75, 3.05) is 0 Å². The van der Waals surface area contributed by atoms with Crippen LogP contribution in [0.2, 0.25) is 0 Å². The fourth-order valence-corrected chi connectivity index (χ4v) is 1.37. The Kier molecular flexibility index (Phi) is 2.98. The highest BCUT2D eigenvalue weighted by Crippen LogP contribution is 2.16. The molecule has 4 N–H and O–H groups in total. The molecule has 16 heavy (non-hydrogen) atoms. The van der Waals surface area contributed by atoms with Gasteiger partial charge >= 0.3 is 0 Å². The molecule has 84 valence electrons. The second-order valence-electron chi connectivity index (χ2n) is 3.68. The maximum Gasteiger partial charge on any atom is 0.181 e. The monoisotopic (exact) mass is 218 g/mol. The highest BCUT2D eigenvalue weighted by Gasteiger charge is 2.16.